The van der Waals surface area contributed by atoms with E-state index in [1.54, 1.807) is 29.2 Å². The minimum Gasteiger partial charge on any atom is -0.357 e. The van der Waals surface area contributed by atoms with Gasteiger partial charge in [-0.1, -0.05) is 56.2 Å². The number of Topliss-reactive ketones (excluding diaryl/α,β-unsaturated/α-hetero) is 1. The minimum absolute atomic E-state index is 0.106. The third-order valence-electron chi connectivity index (χ3n) is 7.49. The zero-order valence-electron chi connectivity index (χ0n) is 21.7. The fourth-order valence-electron chi connectivity index (χ4n) is 5.61. The van der Waals surface area contributed by atoms with Crippen LogP contribution in [-0.4, -0.2) is 16.6 Å². The molecule has 7 nitrogen and oxygen atoms in total. The number of para-hydroxylation sites is 2. The lowest BCUT2D eigenvalue weighted by molar-refractivity contribution is -0.384. The van der Waals surface area contributed by atoms with Gasteiger partial charge in [0.25, 0.3) is 5.69 Å². The predicted octanol–water partition coefficient (Wildman–Crippen LogP) is 7.21. The first-order valence-corrected chi connectivity index (χ1v) is 13.3. The molecular weight excluding hydrogens is 497 g/mol. The van der Waals surface area contributed by atoms with Gasteiger partial charge >= 0.3 is 0 Å². The minimum atomic E-state index is -0.827. The summed E-state index contributed by atoms with van der Waals surface area (Å²) in [5.74, 6) is -0.801. The Labute approximate surface area is 226 Å². The number of nitro groups is 1. The molecule has 1 amide bonds. The molecule has 0 bridgehead atoms. The summed E-state index contributed by atoms with van der Waals surface area (Å²) < 4.78 is 13.6. The summed E-state index contributed by atoms with van der Waals surface area (Å²) in [6.07, 6.45) is 3.51. The number of carbonyl (C=O) groups is 2. The van der Waals surface area contributed by atoms with Crippen molar-refractivity contribution in [2.75, 3.05) is 10.2 Å². The standard InChI is InChI=1S/C31H30FN3O4/c1-2-3-4-12-29(37)34-27-11-6-5-10-25(27)33-26-18-22(20-13-15-23(32)16-14-20)19-28(36)30(26)31(34)21-8-7-9-24(17-21)35(38)39/h5-11,13-17,22,31,33H,2-4,12,18-19H2,1H3/t22-,31+/m0/s1. The molecule has 0 unspecified atom stereocenters. The smallest absolute Gasteiger partial charge is 0.269 e. The van der Waals surface area contributed by atoms with Crippen LogP contribution in [0, 0.1) is 15.9 Å². The van der Waals surface area contributed by atoms with Gasteiger partial charge < -0.3 is 5.32 Å². The molecule has 200 valence electrons. The van der Waals surface area contributed by atoms with Crippen molar-refractivity contribution in [2.45, 2.75) is 57.4 Å². The Morgan fingerprint density at radius 2 is 1.79 bits per heavy atom. The lowest BCUT2D eigenvalue weighted by Gasteiger charge is -2.35. The Hall–Kier alpha value is -4.33. The molecule has 39 heavy (non-hydrogen) atoms. The van der Waals surface area contributed by atoms with Crippen molar-refractivity contribution in [1.82, 2.24) is 0 Å². The molecule has 0 aromatic heterocycles. The van der Waals surface area contributed by atoms with Gasteiger partial charge in [0.05, 0.1) is 22.3 Å². The summed E-state index contributed by atoms with van der Waals surface area (Å²) in [6, 6.07) is 18.9. The number of unbranched alkanes of at least 4 members (excludes halogenated alkanes) is 2. The summed E-state index contributed by atoms with van der Waals surface area (Å²) in [4.78, 5) is 40.7. The number of carbonyl (C=O) groups excluding carboxylic acids is 2. The van der Waals surface area contributed by atoms with Crippen LogP contribution in [0.5, 0.6) is 0 Å². The number of benzene rings is 3. The lowest BCUT2D eigenvalue weighted by Crippen LogP contribution is -2.38. The molecule has 1 aliphatic heterocycles. The zero-order chi connectivity index (χ0) is 27.5. The third kappa shape index (κ3) is 5.32. The van der Waals surface area contributed by atoms with Crippen molar-refractivity contribution in [3.8, 4) is 0 Å². The monoisotopic (exact) mass is 527 g/mol. The maximum atomic E-state index is 14.0. The number of non-ortho nitro benzene ring substituents is 1. The fourth-order valence-corrected chi connectivity index (χ4v) is 5.61. The number of nitro benzene ring substituents is 1. The maximum absolute atomic E-state index is 14.0. The summed E-state index contributed by atoms with van der Waals surface area (Å²) in [5.41, 5.74) is 3.68. The second-order valence-electron chi connectivity index (χ2n) is 10.1. The fraction of sp³-hybridized carbons (Fsp3) is 0.290. The van der Waals surface area contributed by atoms with E-state index in [9.17, 15) is 24.1 Å². The summed E-state index contributed by atoms with van der Waals surface area (Å²) in [5, 5.41) is 15.1. The Balaban J connectivity index is 1.68. The van der Waals surface area contributed by atoms with Crippen molar-refractivity contribution in [3.05, 3.63) is 111 Å². The van der Waals surface area contributed by atoms with Gasteiger partial charge in [0.1, 0.15) is 5.82 Å². The van der Waals surface area contributed by atoms with Crippen LogP contribution in [0.2, 0.25) is 0 Å². The number of allylic oxidation sites excluding steroid dienone is 1. The second kappa shape index (κ2) is 11.2. The maximum Gasteiger partial charge on any atom is 0.269 e. The van der Waals surface area contributed by atoms with Crippen molar-refractivity contribution in [2.24, 2.45) is 0 Å². The van der Waals surface area contributed by atoms with E-state index in [0.717, 1.165) is 18.4 Å². The van der Waals surface area contributed by atoms with Crippen LogP contribution < -0.4 is 10.2 Å². The Kier molecular flexibility index (Phi) is 7.54. The number of anilines is 2. The van der Waals surface area contributed by atoms with Crippen LogP contribution in [-0.2, 0) is 9.59 Å². The molecule has 2 aliphatic rings. The van der Waals surface area contributed by atoms with Gasteiger partial charge in [-0.3, -0.25) is 24.6 Å². The van der Waals surface area contributed by atoms with Gasteiger partial charge in [0, 0.05) is 36.2 Å². The Bertz CT molecular complexity index is 1450. The Morgan fingerprint density at radius 1 is 1.03 bits per heavy atom. The highest BCUT2D eigenvalue weighted by Crippen LogP contribution is 2.48. The van der Waals surface area contributed by atoms with Gasteiger partial charge in [-0.2, -0.15) is 0 Å². The van der Waals surface area contributed by atoms with Crippen molar-refractivity contribution in [3.63, 3.8) is 0 Å². The average Bonchev–Trinajstić information content (AvgIpc) is 3.08. The van der Waals surface area contributed by atoms with E-state index in [0.29, 0.717) is 47.5 Å². The third-order valence-corrected chi connectivity index (χ3v) is 7.49. The molecule has 0 saturated carbocycles. The van der Waals surface area contributed by atoms with Crippen LogP contribution in [0.3, 0.4) is 0 Å². The van der Waals surface area contributed by atoms with E-state index in [1.807, 2.05) is 24.3 Å². The molecule has 0 fully saturated rings. The molecule has 3 aromatic rings. The van der Waals surface area contributed by atoms with E-state index < -0.39 is 11.0 Å². The van der Waals surface area contributed by atoms with Crippen LogP contribution in [0.25, 0.3) is 0 Å². The number of hydrogen-bond donors (Lipinski definition) is 1. The molecule has 0 radical (unpaired) electrons. The highest BCUT2D eigenvalue weighted by Gasteiger charge is 2.41. The highest BCUT2D eigenvalue weighted by atomic mass is 19.1. The van der Waals surface area contributed by atoms with Gasteiger partial charge in [0.15, 0.2) is 5.78 Å². The molecular formula is C31H30FN3O4. The van der Waals surface area contributed by atoms with Crippen molar-refractivity contribution in [1.29, 1.82) is 0 Å². The quantitative estimate of drug-likeness (QED) is 0.199. The van der Waals surface area contributed by atoms with Crippen molar-refractivity contribution < 1.29 is 18.9 Å². The van der Waals surface area contributed by atoms with Gasteiger partial charge in [-0.25, -0.2) is 4.39 Å². The van der Waals surface area contributed by atoms with E-state index in [2.05, 4.69) is 12.2 Å². The first-order chi connectivity index (χ1) is 18.9. The first-order valence-electron chi connectivity index (χ1n) is 13.3. The largest absolute Gasteiger partial charge is 0.357 e. The molecule has 5 rings (SSSR count). The van der Waals surface area contributed by atoms with E-state index >= 15 is 0 Å². The van der Waals surface area contributed by atoms with E-state index in [4.69, 9.17) is 0 Å². The van der Waals surface area contributed by atoms with Gasteiger partial charge in [0.2, 0.25) is 5.91 Å². The second-order valence-corrected chi connectivity index (χ2v) is 10.1. The molecule has 0 saturated heterocycles. The highest BCUT2D eigenvalue weighted by molar-refractivity contribution is 6.06. The lowest BCUT2D eigenvalue weighted by atomic mass is 9.78. The molecule has 1 heterocycles. The average molecular weight is 528 g/mol. The predicted molar refractivity (Wildman–Crippen MR) is 148 cm³/mol. The first kappa shape index (κ1) is 26.3. The number of rotatable bonds is 7. The number of amides is 1. The number of halogens is 1. The molecule has 0 spiro atoms. The molecule has 1 aliphatic carbocycles. The number of nitrogens with one attached hydrogen (secondary N) is 1. The normalized spacial score (nSPS) is 18.6. The van der Waals surface area contributed by atoms with Gasteiger partial charge in [-0.05, 0) is 54.2 Å². The Morgan fingerprint density at radius 3 is 2.54 bits per heavy atom. The topological polar surface area (TPSA) is 92.6 Å². The van der Waals surface area contributed by atoms with Crippen LogP contribution in [0.1, 0.15) is 68.5 Å². The van der Waals surface area contributed by atoms with E-state index in [1.165, 1.54) is 24.3 Å². The SMILES string of the molecule is CCCCCC(=O)N1c2ccccc2NC2=C(C(=O)C[C@@H](c3ccc(F)cc3)C2)[C@H]1c1cccc([N+](=O)[O-])c1. The number of hydrogen-bond acceptors (Lipinski definition) is 5. The van der Waals surface area contributed by atoms with Crippen molar-refractivity contribution >= 4 is 28.8 Å². The summed E-state index contributed by atoms with van der Waals surface area (Å²) >= 11 is 0. The summed E-state index contributed by atoms with van der Waals surface area (Å²) in [7, 11) is 0. The number of ketones is 1. The van der Waals surface area contributed by atoms with E-state index in [-0.39, 0.29) is 35.5 Å². The van der Waals surface area contributed by atoms with Gasteiger partial charge in [-0.15, -0.1) is 0 Å². The molecule has 2 atom stereocenters. The number of nitrogens with zero attached hydrogens (tertiary/aromatic N) is 2. The molecule has 1 N–H and O–H groups in total. The van der Waals surface area contributed by atoms with Crippen LogP contribution >= 0.6 is 0 Å². The molecule has 3 aromatic carbocycles. The zero-order valence-corrected chi connectivity index (χ0v) is 21.7. The number of fused-ring (bicyclic) bond motifs is 1. The van der Waals surface area contributed by atoms with Crippen LogP contribution in [0.15, 0.2) is 84.1 Å². The van der Waals surface area contributed by atoms with Crippen LogP contribution in [0.4, 0.5) is 21.5 Å². The molecule has 8 heteroatoms. The summed E-state index contributed by atoms with van der Waals surface area (Å²) in [6.45, 7) is 2.07.